The van der Waals surface area contributed by atoms with E-state index < -0.39 is 12.6 Å². The molecule has 2 saturated heterocycles. The molecule has 11 nitrogen and oxygen atoms in total. The molecule has 5 aliphatic heterocycles. The largest absolute Gasteiger partial charge is 0.504 e. The Morgan fingerprint density at radius 1 is 0.480 bits per heavy atom. The summed E-state index contributed by atoms with van der Waals surface area (Å²) in [5.41, 5.74) is 4.27. The van der Waals surface area contributed by atoms with Gasteiger partial charge in [0.25, 0.3) is 0 Å². The third-order valence-electron chi connectivity index (χ3n) is 11.3. The Hall–Kier alpha value is -4.84. The molecule has 8 unspecified atom stereocenters. The normalized spacial score (nSPS) is 29.8. The van der Waals surface area contributed by atoms with Crippen LogP contribution >= 0.6 is 0 Å². The molecule has 2 N–H and O–H groups in total. The zero-order chi connectivity index (χ0) is 33.3. The second-order valence-corrected chi connectivity index (χ2v) is 13.9. The highest BCUT2D eigenvalue weighted by atomic mass is 16.8. The SMILES string of the molecule is Oc1ccc(CC2C3OCC4C(COC(O3)C2Cc2ccc3c(c2)OCO3)C(c2ccc3c(c2)OCO3)C4c2ccc3c(c2)OCO3)cc1O. The number of ether oxygens (including phenoxy) is 9. The maximum absolute atomic E-state index is 10.3. The highest BCUT2D eigenvalue weighted by molar-refractivity contribution is 5.51. The summed E-state index contributed by atoms with van der Waals surface area (Å²) < 4.78 is 54.4. The molecule has 3 fully saturated rings. The van der Waals surface area contributed by atoms with Crippen molar-refractivity contribution in [2.75, 3.05) is 33.6 Å². The monoisotopic (exact) mass is 680 g/mol. The Kier molecular flexibility index (Phi) is 7.14. The number of phenols is 2. The summed E-state index contributed by atoms with van der Waals surface area (Å²) in [5, 5.41) is 20.3. The summed E-state index contributed by atoms with van der Waals surface area (Å²) >= 11 is 0. The number of phenolic OH excluding ortho intramolecular Hbond substituents is 2. The van der Waals surface area contributed by atoms with Crippen LogP contribution in [-0.4, -0.2) is 56.4 Å². The van der Waals surface area contributed by atoms with Crippen LogP contribution in [0.2, 0.25) is 0 Å². The van der Waals surface area contributed by atoms with Gasteiger partial charge in [-0.2, -0.15) is 0 Å². The average Bonchev–Trinajstić information content (AvgIpc) is 3.93. The fraction of sp³-hybridized carbons (Fsp3) is 0.385. The molecule has 11 heteroatoms. The molecular weight excluding hydrogens is 644 g/mol. The van der Waals surface area contributed by atoms with E-state index in [-0.39, 0.29) is 67.4 Å². The zero-order valence-electron chi connectivity index (χ0n) is 27.1. The van der Waals surface area contributed by atoms with Gasteiger partial charge in [-0.25, -0.2) is 0 Å². The van der Waals surface area contributed by atoms with Crippen LogP contribution in [0.25, 0.3) is 0 Å². The first-order valence-corrected chi connectivity index (χ1v) is 17.1. The van der Waals surface area contributed by atoms with Gasteiger partial charge in [0.05, 0.1) is 13.2 Å². The highest BCUT2D eigenvalue weighted by Crippen LogP contribution is 2.60. The molecule has 10 rings (SSSR count). The lowest BCUT2D eigenvalue weighted by Gasteiger charge is -2.53. The number of hydrogen-bond donors (Lipinski definition) is 2. The molecule has 0 amide bonds. The first kappa shape index (κ1) is 30.0. The smallest absolute Gasteiger partial charge is 0.231 e. The Labute approximate surface area is 288 Å². The molecule has 50 heavy (non-hydrogen) atoms. The van der Waals surface area contributed by atoms with Gasteiger partial charge in [0.1, 0.15) is 0 Å². The van der Waals surface area contributed by atoms with E-state index in [0.717, 1.165) is 56.8 Å². The van der Waals surface area contributed by atoms with Crippen molar-refractivity contribution in [3.63, 3.8) is 0 Å². The van der Waals surface area contributed by atoms with E-state index in [4.69, 9.17) is 42.6 Å². The van der Waals surface area contributed by atoms with Crippen molar-refractivity contribution in [1.82, 2.24) is 0 Å². The lowest BCUT2D eigenvalue weighted by Crippen LogP contribution is -2.49. The van der Waals surface area contributed by atoms with E-state index in [1.165, 1.54) is 6.07 Å². The summed E-state index contributed by atoms with van der Waals surface area (Å²) in [6.07, 6.45) is 0.153. The van der Waals surface area contributed by atoms with Crippen LogP contribution in [-0.2, 0) is 27.1 Å². The zero-order valence-corrected chi connectivity index (χ0v) is 27.1. The molecule has 1 saturated carbocycles. The van der Waals surface area contributed by atoms with Crippen molar-refractivity contribution in [3.8, 4) is 46.0 Å². The molecule has 6 aliphatic rings. The predicted octanol–water partition coefficient (Wildman–Crippen LogP) is 5.84. The van der Waals surface area contributed by atoms with Crippen LogP contribution in [0, 0.1) is 23.7 Å². The van der Waals surface area contributed by atoms with Crippen LogP contribution in [0.15, 0.2) is 72.8 Å². The maximum atomic E-state index is 10.3. The van der Waals surface area contributed by atoms with E-state index in [1.54, 1.807) is 6.07 Å². The second kappa shape index (κ2) is 11.9. The van der Waals surface area contributed by atoms with Gasteiger partial charge < -0.3 is 52.8 Å². The van der Waals surface area contributed by atoms with Crippen LogP contribution in [0.1, 0.15) is 34.1 Å². The second-order valence-electron chi connectivity index (χ2n) is 13.9. The van der Waals surface area contributed by atoms with Gasteiger partial charge in [-0.3, -0.25) is 0 Å². The van der Waals surface area contributed by atoms with Crippen LogP contribution in [0.4, 0.5) is 0 Å². The highest BCUT2D eigenvalue weighted by Gasteiger charge is 2.55. The van der Waals surface area contributed by atoms with E-state index in [2.05, 4.69) is 30.3 Å². The van der Waals surface area contributed by atoms with Gasteiger partial charge in [-0.15, -0.1) is 0 Å². The molecule has 4 aromatic carbocycles. The average molecular weight is 681 g/mol. The minimum Gasteiger partial charge on any atom is -0.504 e. The summed E-state index contributed by atoms with van der Waals surface area (Å²) in [6, 6.07) is 23.4. The number of aromatic hydroxyl groups is 2. The van der Waals surface area contributed by atoms with Gasteiger partial charge >= 0.3 is 0 Å². The Morgan fingerprint density at radius 2 is 0.940 bits per heavy atom. The number of fused-ring (bicyclic) bond motifs is 6. The van der Waals surface area contributed by atoms with Crippen LogP contribution in [0.3, 0.4) is 0 Å². The quantitative estimate of drug-likeness (QED) is 0.239. The van der Waals surface area contributed by atoms with Crippen molar-refractivity contribution in [2.45, 2.75) is 37.3 Å². The molecule has 2 bridgehead atoms. The van der Waals surface area contributed by atoms with Crippen LogP contribution in [0.5, 0.6) is 46.0 Å². The molecular formula is C39H36O11. The Morgan fingerprint density at radius 3 is 1.48 bits per heavy atom. The van der Waals surface area contributed by atoms with Gasteiger partial charge in [-0.05, 0) is 107 Å². The Bertz CT molecular complexity index is 1950. The number of hydrogen-bond acceptors (Lipinski definition) is 11. The Balaban J connectivity index is 0.985. The van der Waals surface area contributed by atoms with Crippen molar-refractivity contribution >= 4 is 0 Å². The fourth-order valence-electron chi connectivity index (χ4n) is 8.80. The van der Waals surface area contributed by atoms with Gasteiger partial charge in [0.15, 0.2) is 58.6 Å². The summed E-state index contributed by atoms with van der Waals surface area (Å²) in [6.45, 7) is 1.59. The molecule has 0 spiro atoms. The summed E-state index contributed by atoms with van der Waals surface area (Å²) in [5.74, 6) is 4.52. The summed E-state index contributed by atoms with van der Waals surface area (Å²) in [7, 11) is 0. The lowest BCUT2D eigenvalue weighted by molar-refractivity contribution is -0.209. The number of rotatable bonds is 6. The molecule has 8 atom stereocenters. The lowest BCUT2D eigenvalue weighted by atomic mass is 9.53. The van der Waals surface area contributed by atoms with E-state index in [0.29, 0.717) is 26.1 Å². The van der Waals surface area contributed by atoms with Crippen molar-refractivity contribution in [2.24, 2.45) is 23.7 Å². The first-order chi connectivity index (χ1) is 24.6. The van der Waals surface area contributed by atoms with E-state index in [1.807, 2.05) is 30.3 Å². The van der Waals surface area contributed by atoms with E-state index in [9.17, 15) is 10.2 Å². The van der Waals surface area contributed by atoms with E-state index >= 15 is 0 Å². The van der Waals surface area contributed by atoms with Crippen molar-refractivity contribution in [1.29, 1.82) is 0 Å². The van der Waals surface area contributed by atoms with Crippen molar-refractivity contribution < 1.29 is 52.8 Å². The van der Waals surface area contributed by atoms with Crippen molar-refractivity contribution in [3.05, 3.63) is 95.1 Å². The molecule has 5 heterocycles. The molecule has 1 aliphatic carbocycles. The van der Waals surface area contributed by atoms with Gasteiger partial charge in [0.2, 0.25) is 20.4 Å². The minimum absolute atomic E-state index is 0.0680. The third-order valence-corrected chi connectivity index (χ3v) is 11.3. The van der Waals surface area contributed by atoms with Crippen LogP contribution < -0.4 is 28.4 Å². The molecule has 258 valence electrons. The first-order valence-electron chi connectivity index (χ1n) is 17.1. The molecule has 4 aromatic rings. The predicted molar refractivity (Wildman–Crippen MR) is 175 cm³/mol. The fourth-order valence-corrected chi connectivity index (χ4v) is 8.80. The maximum Gasteiger partial charge on any atom is 0.231 e. The van der Waals surface area contributed by atoms with Gasteiger partial charge in [0, 0.05) is 11.8 Å². The minimum atomic E-state index is -0.546. The standard InChI is InChI=1S/C39H36O11/c40-28-5-1-20(11-29(28)41)9-24-25(10-21-2-6-30-33(12-21)47-17-44-30)39-43-16-27-26(15-42-38(24)50-39)36(22-3-7-31-34(13-22)48-18-45-31)37(27)23-4-8-32-35(14-23)49-19-46-32/h1-8,11-14,24-27,36-41H,9-10,15-19H2. The topological polar surface area (TPSA) is 124 Å². The summed E-state index contributed by atoms with van der Waals surface area (Å²) in [4.78, 5) is 0. The number of benzene rings is 4. The van der Waals surface area contributed by atoms with Gasteiger partial charge in [-0.1, -0.05) is 24.3 Å². The molecule has 0 radical (unpaired) electrons. The molecule has 0 aromatic heterocycles. The third kappa shape index (κ3) is 5.06.